The van der Waals surface area contributed by atoms with Gasteiger partial charge in [-0.3, -0.25) is 9.89 Å². The summed E-state index contributed by atoms with van der Waals surface area (Å²) in [6, 6.07) is 5.74. The third-order valence-corrected chi connectivity index (χ3v) is 5.32. The van der Waals surface area contributed by atoms with E-state index in [1.165, 1.54) is 0 Å². The first-order valence-electron chi connectivity index (χ1n) is 7.28. The second-order valence-corrected chi connectivity index (χ2v) is 6.82. The molecular weight excluding hydrogens is 314 g/mol. The van der Waals surface area contributed by atoms with Crippen LogP contribution < -0.4 is 14.8 Å². The molecule has 2 N–H and O–H groups in total. The number of methoxy groups -OCH3 is 2. The molecule has 0 aliphatic carbocycles. The van der Waals surface area contributed by atoms with Gasteiger partial charge in [0.1, 0.15) is 11.5 Å². The zero-order valence-corrected chi connectivity index (χ0v) is 14.3. The highest BCUT2D eigenvalue weighted by molar-refractivity contribution is 8.01. The van der Waals surface area contributed by atoms with Crippen molar-refractivity contribution in [3.05, 3.63) is 35.0 Å². The highest BCUT2D eigenvalue weighted by atomic mass is 32.2. The van der Waals surface area contributed by atoms with Crippen molar-refractivity contribution in [1.29, 1.82) is 0 Å². The summed E-state index contributed by atoms with van der Waals surface area (Å²) in [4.78, 5) is 12.2. The van der Waals surface area contributed by atoms with E-state index in [4.69, 9.17) is 9.47 Å². The maximum atomic E-state index is 12.2. The van der Waals surface area contributed by atoms with Crippen LogP contribution in [0.5, 0.6) is 11.5 Å². The van der Waals surface area contributed by atoms with Gasteiger partial charge in [-0.1, -0.05) is 6.07 Å². The molecule has 3 rings (SSSR count). The van der Waals surface area contributed by atoms with E-state index in [0.717, 1.165) is 28.3 Å². The topological polar surface area (TPSA) is 76.2 Å². The second-order valence-electron chi connectivity index (χ2n) is 5.37. The standard InChI is InChI=1S/C16H19N3O3S/c1-8-13-14(11-6-5-10(21-3)7-12(11)22-4)23-9(2)16(20)17-15(13)19-18-8/h5-7,9,14H,1-4H3,(H2,17,18,19,20)/t9-,14-/m1/s1. The number of carbonyl (C=O) groups is 1. The van der Waals surface area contributed by atoms with Gasteiger partial charge in [0.15, 0.2) is 5.82 Å². The number of fused-ring (bicyclic) bond motifs is 1. The van der Waals surface area contributed by atoms with Gasteiger partial charge in [0.2, 0.25) is 5.91 Å². The monoisotopic (exact) mass is 333 g/mol. The minimum atomic E-state index is -0.194. The number of nitrogens with zero attached hydrogens (tertiary/aromatic N) is 1. The number of hydrogen-bond donors (Lipinski definition) is 2. The summed E-state index contributed by atoms with van der Waals surface area (Å²) >= 11 is 1.58. The molecule has 1 aromatic carbocycles. The zero-order valence-electron chi connectivity index (χ0n) is 13.5. The Balaban J connectivity index is 2.14. The second kappa shape index (κ2) is 6.16. The summed E-state index contributed by atoms with van der Waals surface area (Å²) in [5, 5.41) is 9.82. The largest absolute Gasteiger partial charge is 0.497 e. The number of carbonyl (C=O) groups excluding carboxylic acids is 1. The van der Waals surface area contributed by atoms with Crippen molar-refractivity contribution < 1.29 is 14.3 Å². The molecule has 0 fully saturated rings. The van der Waals surface area contributed by atoms with Crippen molar-refractivity contribution in [2.45, 2.75) is 24.3 Å². The lowest BCUT2D eigenvalue weighted by molar-refractivity contribution is -0.115. The molecule has 2 atom stereocenters. The normalized spacial score (nSPS) is 20.4. The molecule has 122 valence electrons. The van der Waals surface area contributed by atoms with Gasteiger partial charge in [-0.2, -0.15) is 5.10 Å². The number of benzene rings is 1. The van der Waals surface area contributed by atoms with E-state index in [2.05, 4.69) is 15.5 Å². The van der Waals surface area contributed by atoms with Gasteiger partial charge in [0, 0.05) is 22.9 Å². The van der Waals surface area contributed by atoms with Gasteiger partial charge < -0.3 is 14.8 Å². The van der Waals surface area contributed by atoms with Crippen molar-refractivity contribution >= 4 is 23.5 Å². The Bertz CT molecular complexity index is 744. The molecule has 0 bridgehead atoms. The Morgan fingerprint density at radius 2 is 2.04 bits per heavy atom. The smallest absolute Gasteiger partial charge is 0.238 e. The minimum absolute atomic E-state index is 0.0438. The molecule has 1 aromatic heterocycles. The lowest BCUT2D eigenvalue weighted by Crippen LogP contribution is -2.21. The van der Waals surface area contributed by atoms with Crippen LogP contribution in [-0.2, 0) is 4.79 Å². The first-order chi connectivity index (χ1) is 11.0. The molecule has 2 heterocycles. The SMILES string of the molecule is COc1ccc([C@H]2S[C@H](C)C(=O)Nc3n[nH]c(C)c32)c(OC)c1. The highest BCUT2D eigenvalue weighted by Crippen LogP contribution is 2.47. The summed E-state index contributed by atoms with van der Waals surface area (Å²) in [5.41, 5.74) is 2.91. The number of H-pyrrole nitrogens is 1. The number of rotatable bonds is 3. The number of nitrogens with one attached hydrogen (secondary N) is 2. The molecule has 0 radical (unpaired) electrons. The third-order valence-electron chi connectivity index (χ3n) is 3.93. The number of aromatic nitrogens is 2. The number of anilines is 1. The molecule has 23 heavy (non-hydrogen) atoms. The van der Waals surface area contributed by atoms with E-state index in [0.29, 0.717) is 5.82 Å². The third kappa shape index (κ3) is 2.76. The Kier molecular flexibility index (Phi) is 4.21. The molecule has 1 aliphatic heterocycles. The van der Waals surface area contributed by atoms with Crippen LogP contribution in [-0.4, -0.2) is 35.6 Å². The lowest BCUT2D eigenvalue weighted by atomic mass is 10.0. The number of aromatic amines is 1. The van der Waals surface area contributed by atoms with Gasteiger partial charge in [-0.25, -0.2) is 0 Å². The Morgan fingerprint density at radius 3 is 2.74 bits per heavy atom. The maximum absolute atomic E-state index is 12.2. The predicted octanol–water partition coefficient (Wildman–Crippen LogP) is 2.90. The molecule has 1 amide bonds. The van der Waals surface area contributed by atoms with E-state index >= 15 is 0 Å². The fourth-order valence-electron chi connectivity index (χ4n) is 2.67. The average molecular weight is 333 g/mol. The highest BCUT2D eigenvalue weighted by Gasteiger charge is 2.33. The van der Waals surface area contributed by atoms with Crippen molar-refractivity contribution in [3.8, 4) is 11.5 Å². The fraction of sp³-hybridized carbons (Fsp3) is 0.375. The van der Waals surface area contributed by atoms with Crippen LogP contribution >= 0.6 is 11.8 Å². The Hall–Kier alpha value is -2.15. The Morgan fingerprint density at radius 1 is 1.26 bits per heavy atom. The quantitative estimate of drug-likeness (QED) is 0.903. The average Bonchev–Trinajstić information content (AvgIpc) is 2.85. The summed E-state index contributed by atoms with van der Waals surface area (Å²) in [6.45, 7) is 3.85. The molecular formula is C16H19N3O3S. The molecule has 2 aromatic rings. The molecule has 0 unspecified atom stereocenters. The Labute approximate surface area is 138 Å². The van der Waals surface area contributed by atoms with Gasteiger partial charge in [-0.15, -0.1) is 11.8 Å². The van der Waals surface area contributed by atoms with E-state index in [1.54, 1.807) is 26.0 Å². The van der Waals surface area contributed by atoms with E-state index in [9.17, 15) is 4.79 Å². The number of aryl methyl sites for hydroxylation is 1. The van der Waals surface area contributed by atoms with Crippen molar-refractivity contribution in [3.63, 3.8) is 0 Å². The van der Waals surface area contributed by atoms with E-state index in [-0.39, 0.29) is 16.4 Å². The van der Waals surface area contributed by atoms with Gasteiger partial charge in [0.25, 0.3) is 0 Å². The minimum Gasteiger partial charge on any atom is -0.497 e. The van der Waals surface area contributed by atoms with Gasteiger partial charge in [0.05, 0.1) is 24.7 Å². The zero-order chi connectivity index (χ0) is 16.6. The molecule has 1 aliphatic rings. The van der Waals surface area contributed by atoms with Crippen LogP contribution in [0, 0.1) is 6.92 Å². The number of thioether (sulfide) groups is 1. The molecule has 0 saturated heterocycles. The van der Waals surface area contributed by atoms with Crippen molar-refractivity contribution in [2.75, 3.05) is 19.5 Å². The molecule has 6 nitrogen and oxygen atoms in total. The fourth-order valence-corrected chi connectivity index (χ4v) is 4.03. The predicted molar refractivity (Wildman–Crippen MR) is 90.4 cm³/mol. The van der Waals surface area contributed by atoms with Gasteiger partial charge in [-0.05, 0) is 19.9 Å². The summed E-state index contributed by atoms with van der Waals surface area (Å²) in [6.07, 6.45) is 0. The lowest BCUT2D eigenvalue weighted by Gasteiger charge is -2.20. The van der Waals surface area contributed by atoms with Crippen LogP contribution in [0.2, 0.25) is 0 Å². The summed E-state index contributed by atoms with van der Waals surface area (Å²) in [7, 11) is 3.26. The maximum Gasteiger partial charge on any atom is 0.238 e. The summed E-state index contributed by atoms with van der Waals surface area (Å²) < 4.78 is 10.8. The molecule has 7 heteroatoms. The first kappa shape index (κ1) is 15.7. The summed E-state index contributed by atoms with van der Waals surface area (Å²) in [5.74, 6) is 2.01. The number of hydrogen-bond acceptors (Lipinski definition) is 5. The van der Waals surface area contributed by atoms with Crippen LogP contribution in [0.4, 0.5) is 5.82 Å². The first-order valence-corrected chi connectivity index (χ1v) is 8.22. The van der Waals surface area contributed by atoms with Crippen molar-refractivity contribution in [1.82, 2.24) is 10.2 Å². The van der Waals surface area contributed by atoms with Crippen LogP contribution in [0.3, 0.4) is 0 Å². The van der Waals surface area contributed by atoms with Crippen LogP contribution in [0.25, 0.3) is 0 Å². The number of amides is 1. The van der Waals surface area contributed by atoms with Crippen LogP contribution in [0.1, 0.15) is 29.0 Å². The van der Waals surface area contributed by atoms with E-state index < -0.39 is 0 Å². The van der Waals surface area contributed by atoms with Crippen molar-refractivity contribution in [2.24, 2.45) is 0 Å². The molecule has 0 spiro atoms. The van der Waals surface area contributed by atoms with Crippen LogP contribution in [0.15, 0.2) is 18.2 Å². The van der Waals surface area contributed by atoms with E-state index in [1.807, 2.05) is 32.0 Å². The van der Waals surface area contributed by atoms with Gasteiger partial charge >= 0.3 is 0 Å². The molecule has 0 saturated carbocycles. The number of ether oxygens (including phenoxy) is 2.